The second-order valence-electron chi connectivity index (χ2n) is 10.5. The van der Waals surface area contributed by atoms with E-state index in [2.05, 4.69) is 41.1 Å². The van der Waals surface area contributed by atoms with Gasteiger partial charge in [-0.3, -0.25) is 9.29 Å². The van der Waals surface area contributed by atoms with Crippen LogP contribution in [0.4, 0.5) is 4.39 Å². The van der Waals surface area contributed by atoms with E-state index >= 15 is 0 Å². The molecule has 1 aromatic heterocycles. The largest absolute Gasteiger partial charge is 0.508 e. The van der Waals surface area contributed by atoms with Gasteiger partial charge in [0, 0.05) is 37.8 Å². The Morgan fingerprint density at radius 1 is 1.13 bits per heavy atom. The minimum Gasteiger partial charge on any atom is -0.508 e. The number of fused-ring (bicyclic) bond motifs is 1. The minimum absolute atomic E-state index is 0.185. The fourth-order valence-corrected chi connectivity index (χ4v) is 5.96. The zero-order valence-electron chi connectivity index (χ0n) is 22.6. The van der Waals surface area contributed by atoms with E-state index < -0.39 is 0 Å². The molecule has 0 spiro atoms. The molecule has 0 amide bonds. The van der Waals surface area contributed by atoms with Gasteiger partial charge in [-0.05, 0) is 110 Å². The van der Waals surface area contributed by atoms with Gasteiger partial charge in [0.1, 0.15) is 11.9 Å². The molecule has 202 valence electrons. The molecule has 6 heteroatoms. The van der Waals surface area contributed by atoms with E-state index in [1.807, 2.05) is 19.2 Å². The van der Waals surface area contributed by atoms with Crippen molar-refractivity contribution < 1.29 is 19.0 Å². The van der Waals surface area contributed by atoms with Gasteiger partial charge in [-0.25, -0.2) is 4.98 Å². The van der Waals surface area contributed by atoms with Crippen LogP contribution in [0.1, 0.15) is 67.7 Å². The summed E-state index contributed by atoms with van der Waals surface area (Å²) in [4.78, 5) is 6.95. The van der Waals surface area contributed by atoms with Crippen molar-refractivity contribution in [3.8, 4) is 11.6 Å². The number of aryl methyl sites for hydroxylation is 2. The molecule has 1 aromatic carbocycles. The van der Waals surface area contributed by atoms with Gasteiger partial charge >= 0.3 is 0 Å². The van der Waals surface area contributed by atoms with Crippen molar-refractivity contribution in [3.05, 3.63) is 76.2 Å². The SMILES string of the molecule is CCOc1ncc(C2=C(C3=CC=C(O[C@H]4CCN(CCCF)C4)CC3)c3ccc(O)cc3CCC2)cc1C. The first-order chi connectivity index (χ1) is 18.6. The van der Waals surface area contributed by atoms with Crippen LogP contribution in [0.25, 0.3) is 11.1 Å². The van der Waals surface area contributed by atoms with Crippen molar-refractivity contribution in [2.24, 2.45) is 0 Å². The molecule has 1 fully saturated rings. The van der Waals surface area contributed by atoms with E-state index in [0.717, 1.165) is 75.0 Å². The number of halogens is 1. The molecule has 1 saturated heterocycles. The topological polar surface area (TPSA) is 54.8 Å². The van der Waals surface area contributed by atoms with Crippen molar-refractivity contribution in [2.75, 3.05) is 32.9 Å². The molecule has 1 aliphatic heterocycles. The average molecular weight is 519 g/mol. The lowest BCUT2D eigenvalue weighted by Gasteiger charge is -2.24. The summed E-state index contributed by atoms with van der Waals surface area (Å²) in [6, 6.07) is 7.98. The molecule has 1 atom stereocenters. The average Bonchev–Trinajstić information content (AvgIpc) is 3.28. The van der Waals surface area contributed by atoms with E-state index in [0.29, 0.717) is 24.7 Å². The van der Waals surface area contributed by atoms with Crippen LogP contribution in [0.15, 0.2) is 53.9 Å². The van der Waals surface area contributed by atoms with Gasteiger partial charge in [0.05, 0.1) is 19.0 Å². The molecule has 2 heterocycles. The number of phenolic OH excluding ortho intramolecular Hbond substituents is 1. The first kappa shape index (κ1) is 26.5. The fourth-order valence-electron chi connectivity index (χ4n) is 5.96. The maximum Gasteiger partial charge on any atom is 0.216 e. The highest BCUT2D eigenvalue weighted by molar-refractivity contribution is 6.00. The Bertz CT molecular complexity index is 1250. The number of hydrogen-bond donors (Lipinski definition) is 1. The normalized spacial score (nSPS) is 20.0. The van der Waals surface area contributed by atoms with Gasteiger partial charge in [0.15, 0.2) is 0 Å². The number of hydrogen-bond acceptors (Lipinski definition) is 5. The van der Waals surface area contributed by atoms with E-state index in [1.165, 1.54) is 27.8 Å². The Kier molecular flexibility index (Phi) is 8.48. The van der Waals surface area contributed by atoms with E-state index in [-0.39, 0.29) is 12.8 Å². The summed E-state index contributed by atoms with van der Waals surface area (Å²) in [5, 5.41) is 10.2. The Hall–Kier alpha value is -3.12. The Morgan fingerprint density at radius 2 is 2.03 bits per heavy atom. The third kappa shape index (κ3) is 5.96. The fraction of sp³-hybridized carbons (Fsp3) is 0.469. The standard InChI is InChI=1S/C32H39FN2O3/c1-3-37-32-22(2)18-25(20-34-32)29-7-4-6-24-19-26(36)10-13-30(24)31(29)23-8-11-27(12-9-23)38-28-14-17-35(21-28)16-5-15-33/h8,10-11,13,18-20,28,36H,3-7,9,12,14-17,21H2,1-2H3/t28-/m0/s1. The molecule has 0 unspecified atom stereocenters. The maximum absolute atomic E-state index is 12.6. The highest BCUT2D eigenvalue weighted by Crippen LogP contribution is 2.43. The number of aromatic hydroxyl groups is 1. The Labute approximate surface area is 225 Å². The number of pyridine rings is 1. The van der Waals surface area contributed by atoms with E-state index in [4.69, 9.17) is 9.47 Å². The van der Waals surface area contributed by atoms with Gasteiger partial charge in [-0.2, -0.15) is 0 Å². The summed E-state index contributed by atoms with van der Waals surface area (Å²) in [5.74, 6) is 2.04. The second-order valence-corrected chi connectivity index (χ2v) is 10.5. The predicted octanol–water partition coefficient (Wildman–Crippen LogP) is 6.80. The number of benzene rings is 1. The molecule has 0 bridgehead atoms. The summed E-state index contributed by atoms with van der Waals surface area (Å²) in [7, 11) is 0. The lowest BCUT2D eigenvalue weighted by atomic mass is 9.84. The molecule has 0 saturated carbocycles. The van der Waals surface area contributed by atoms with E-state index in [1.54, 1.807) is 6.07 Å². The van der Waals surface area contributed by atoms with Crippen LogP contribution in [0.5, 0.6) is 11.6 Å². The number of alkyl halides is 1. The summed E-state index contributed by atoms with van der Waals surface area (Å²) >= 11 is 0. The number of allylic oxidation sites excluding steroid dienone is 6. The summed E-state index contributed by atoms with van der Waals surface area (Å²) < 4.78 is 24.6. The molecular weight excluding hydrogens is 479 g/mol. The Balaban J connectivity index is 1.46. The highest BCUT2D eigenvalue weighted by Gasteiger charge is 2.27. The monoisotopic (exact) mass is 518 g/mol. The second kappa shape index (κ2) is 12.2. The molecule has 38 heavy (non-hydrogen) atoms. The third-order valence-electron chi connectivity index (χ3n) is 7.78. The van der Waals surface area contributed by atoms with Gasteiger partial charge in [-0.1, -0.05) is 12.1 Å². The van der Waals surface area contributed by atoms with Crippen LogP contribution in [-0.2, 0) is 11.2 Å². The third-order valence-corrected chi connectivity index (χ3v) is 7.78. The van der Waals surface area contributed by atoms with Gasteiger partial charge in [-0.15, -0.1) is 0 Å². The van der Waals surface area contributed by atoms with Crippen molar-refractivity contribution in [2.45, 2.75) is 64.9 Å². The number of aromatic nitrogens is 1. The number of phenols is 1. The zero-order chi connectivity index (χ0) is 26.5. The summed E-state index contributed by atoms with van der Waals surface area (Å²) in [6.07, 6.45) is 12.7. The quantitative estimate of drug-likeness (QED) is 0.396. The molecule has 5 rings (SSSR count). The highest BCUT2D eigenvalue weighted by atomic mass is 19.1. The van der Waals surface area contributed by atoms with Crippen molar-refractivity contribution in [3.63, 3.8) is 0 Å². The van der Waals surface area contributed by atoms with Crippen molar-refractivity contribution in [1.82, 2.24) is 9.88 Å². The minimum atomic E-state index is -0.256. The van der Waals surface area contributed by atoms with Gasteiger partial charge in [0.2, 0.25) is 5.88 Å². The molecule has 3 aliphatic rings. The first-order valence-electron chi connectivity index (χ1n) is 14.1. The van der Waals surface area contributed by atoms with Crippen molar-refractivity contribution >= 4 is 11.1 Å². The predicted molar refractivity (Wildman–Crippen MR) is 150 cm³/mol. The van der Waals surface area contributed by atoms with E-state index in [9.17, 15) is 9.50 Å². The first-order valence-corrected chi connectivity index (χ1v) is 14.1. The molecule has 0 radical (unpaired) electrons. The summed E-state index contributed by atoms with van der Waals surface area (Å²) in [6.45, 7) is 7.04. The van der Waals surface area contributed by atoms with Gasteiger partial charge < -0.3 is 14.6 Å². The number of likely N-dealkylation sites (tertiary alicyclic amines) is 1. The number of ether oxygens (including phenoxy) is 2. The van der Waals surface area contributed by atoms with Crippen LogP contribution in [0.3, 0.4) is 0 Å². The van der Waals surface area contributed by atoms with Crippen LogP contribution in [0, 0.1) is 6.92 Å². The zero-order valence-corrected chi connectivity index (χ0v) is 22.6. The maximum atomic E-state index is 12.6. The molecule has 2 aromatic rings. The summed E-state index contributed by atoms with van der Waals surface area (Å²) in [5.41, 5.74) is 8.42. The van der Waals surface area contributed by atoms with Crippen LogP contribution < -0.4 is 4.74 Å². The van der Waals surface area contributed by atoms with Crippen molar-refractivity contribution in [1.29, 1.82) is 0 Å². The lowest BCUT2D eigenvalue weighted by Crippen LogP contribution is -2.24. The van der Waals surface area contributed by atoms with Gasteiger partial charge in [0.25, 0.3) is 0 Å². The van der Waals surface area contributed by atoms with Crippen LogP contribution in [-0.4, -0.2) is 54.0 Å². The van der Waals surface area contributed by atoms with Crippen LogP contribution in [0.2, 0.25) is 0 Å². The number of nitrogens with zero attached hydrogens (tertiary/aromatic N) is 2. The number of rotatable bonds is 9. The molecule has 1 N–H and O–H groups in total. The molecule has 5 nitrogen and oxygen atoms in total. The lowest BCUT2D eigenvalue weighted by molar-refractivity contribution is 0.113. The Morgan fingerprint density at radius 3 is 2.79 bits per heavy atom. The van der Waals surface area contributed by atoms with Crippen LogP contribution >= 0.6 is 0 Å². The smallest absolute Gasteiger partial charge is 0.216 e. The molecule has 2 aliphatic carbocycles. The molecular formula is C32H39FN2O3.